The van der Waals surface area contributed by atoms with Crippen LogP contribution in [0, 0.1) is 11.3 Å². The molecule has 0 bridgehead atoms. The van der Waals surface area contributed by atoms with Gasteiger partial charge in [0.05, 0.1) is 6.07 Å². The van der Waals surface area contributed by atoms with Crippen LogP contribution in [0.1, 0.15) is 38.8 Å². The van der Waals surface area contributed by atoms with Crippen molar-refractivity contribution in [1.29, 1.82) is 5.26 Å². The maximum atomic E-state index is 13.0. The average molecular weight is 336 g/mol. The fourth-order valence-electron chi connectivity index (χ4n) is 3.45. The molecule has 2 aromatic rings. The number of likely N-dealkylation sites (N-methyl/N-ethyl adjacent to an activating group) is 1. The number of carbonyl (C=O) groups is 1. The summed E-state index contributed by atoms with van der Waals surface area (Å²) in [6.45, 7) is 8.52. The lowest BCUT2D eigenvalue weighted by molar-refractivity contribution is -0.122. The van der Waals surface area contributed by atoms with E-state index in [1.54, 1.807) is 6.07 Å². The molecule has 25 heavy (non-hydrogen) atoms. The molecule has 4 nitrogen and oxygen atoms in total. The lowest BCUT2D eigenvalue weighted by Gasteiger charge is -2.22. The molecule has 4 rings (SSSR count). The van der Waals surface area contributed by atoms with Crippen LogP contribution in [0.5, 0.6) is 5.75 Å². The molecule has 2 aromatic carbocycles. The van der Waals surface area contributed by atoms with Crippen molar-refractivity contribution in [2.45, 2.75) is 33.1 Å². The van der Waals surface area contributed by atoms with Gasteiger partial charge in [-0.2, -0.15) is 5.26 Å². The predicted octanol–water partition coefficient (Wildman–Crippen LogP) is 4.29. The Bertz CT molecular complexity index is 794. The highest BCUT2D eigenvalue weighted by atomic mass is 16.5. The van der Waals surface area contributed by atoms with Crippen molar-refractivity contribution in [1.82, 2.24) is 0 Å². The van der Waals surface area contributed by atoms with Crippen LogP contribution in [0.15, 0.2) is 48.5 Å². The second kappa shape index (κ2) is 7.85. The van der Waals surface area contributed by atoms with Crippen LogP contribution in [0.2, 0.25) is 0 Å². The Morgan fingerprint density at radius 2 is 1.68 bits per heavy atom. The first kappa shape index (κ1) is 18.5. The highest BCUT2D eigenvalue weighted by Crippen LogP contribution is 2.51. The Labute approximate surface area is 149 Å². The number of hydrogen-bond acceptors (Lipinski definition) is 3. The van der Waals surface area contributed by atoms with Crippen LogP contribution in [0.4, 0.5) is 5.69 Å². The second-order valence-corrected chi connectivity index (χ2v) is 5.48. The van der Waals surface area contributed by atoms with Gasteiger partial charge >= 0.3 is 0 Å². The lowest BCUT2D eigenvalue weighted by Crippen LogP contribution is -2.42. The molecule has 0 radical (unpaired) electrons. The van der Waals surface area contributed by atoms with Crippen molar-refractivity contribution in [3.05, 3.63) is 59.7 Å². The number of carbonyl (C=O) groups excluding carboxylic acids is 1. The fourth-order valence-corrected chi connectivity index (χ4v) is 3.45. The summed E-state index contributed by atoms with van der Waals surface area (Å²) < 4.78 is 5.81. The van der Waals surface area contributed by atoms with E-state index < -0.39 is 5.41 Å². The van der Waals surface area contributed by atoms with Gasteiger partial charge in [-0.05, 0) is 24.6 Å². The number of amides is 1. The minimum Gasteiger partial charge on any atom is -0.491 e. The van der Waals surface area contributed by atoms with Crippen LogP contribution in [-0.4, -0.2) is 19.1 Å². The van der Waals surface area contributed by atoms with E-state index >= 15 is 0 Å². The number of para-hydroxylation sites is 2. The van der Waals surface area contributed by atoms with Crippen LogP contribution in [0.3, 0.4) is 0 Å². The minimum absolute atomic E-state index is 0.131. The van der Waals surface area contributed by atoms with Crippen LogP contribution < -0.4 is 9.64 Å². The standard InChI is InChI=1S/C17H15NO2.C2H3N.C2H6/c1-2-18-14-9-5-3-7-12(14)17(16(18)19)11-20-15-10-6-4-8-13(15)17;1-2-3;1-2/h3-10H,2,11H2,1H3;1H3;1-2H3. The SMILES string of the molecule is CC.CC#N.CCN1C(=O)C2(COc3ccccc32)c2ccccc21. The van der Waals surface area contributed by atoms with E-state index in [-0.39, 0.29) is 5.91 Å². The summed E-state index contributed by atoms with van der Waals surface area (Å²) in [6, 6.07) is 17.7. The maximum absolute atomic E-state index is 13.0. The number of anilines is 1. The predicted molar refractivity (Wildman–Crippen MR) is 99.8 cm³/mol. The zero-order chi connectivity index (χ0) is 18.4. The van der Waals surface area contributed by atoms with Crippen LogP contribution >= 0.6 is 0 Å². The first-order valence-electron chi connectivity index (χ1n) is 8.65. The van der Waals surface area contributed by atoms with Gasteiger partial charge < -0.3 is 9.64 Å². The van der Waals surface area contributed by atoms with Crippen LogP contribution in [-0.2, 0) is 10.2 Å². The van der Waals surface area contributed by atoms with E-state index in [1.807, 2.05) is 74.2 Å². The van der Waals surface area contributed by atoms with Crippen LogP contribution in [0.25, 0.3) is 0 Å². The zero-order valence-electron chi connectivity index (χ0n) is 15.2. The smallest absolute Gasteiger partial charge is 0.245 e. The average Bonchev–Trinajstić information content (AvgIpc) is 3.16. The number of fused-ring (bicyclic) bond motifs is 4. The Morgan fingerprint density at radius 1 is 1.12 bits per heavy atom. The second-order valence-electron chi connectivity index (χ2n) is 5.48. The van der Waals surface area contributed by atoms with Gasteiger partial charge in [-0.25, -0.2) is 0 Å². The van der Waals surface area contributed by atoms with Crippen molar-refractivity contribution in [2.75, 3.05) is 18.1 Å². The van der Waals surface area contributed by atoms with E-state index in [0.29, 0.717) is 13.2 Å². The third-order valence-corrected chi connectivity index (χ3v) is 4.37. The first-order chi connectivity index (χ1) is 12.2. The summed E-state index contributed by atoms with van der Waals surface area (Å²) in [4.78, 5) is 14.9. The molecule has 0 saturated heterocycles. The molecule has 0 aliphatic carbocycles. The van der Waals surface area contributed by atoms with E-state index in [0.717, 1.165) is 22.6 Å². The van der Waals surface area contributed by atoms with Crippen molar-refractivity contribution in [2.24, 2.45) is 0 Å². The number of benzene rings is 2. The van der Waals surface area contributed by atoms with Gasteiger partial charge in [0.2, 0.25) is 5.91 Å². The summed E-state index contributed by atoms with van der Waals surface area (Å²) in [6.07, 6.45) is 0. The molecule has 1 amide bonds. The molecule has 2 aliphatic heterocycles. The van der Waals surface area contributed by atoms with Crippen molar-refractivity contribution < 1.29 is 9.53 Å². The molecule has 0 N–H and O–H groups in total. The molecule has 4 heteroatoms. The number of nitrogens with zero attached hydrogens (tertiary/aromatic N) is 2. The van der Waals surface area contributed by atoms with E-state index in [9.17, 15) is 4.79 Å². The quantitative estimate of drug-likeness (QED) is 0.781. The summed E-state index contributed by atoms with van der Waals surface area (Å²) >= 11 is 0. The molecule has 1 spiro atoms. The van der Waals surface area contributed by atoms with Gasteiger partial charge in [-0.1, -0.05) is 50.2 Å². The maximum Gasteiger partial charge on any atom is 0.245 e. The molecule has 0 aromatic heterocycles. The van der Waals surface area contributed by atoms with Gasteiger partial charge in [0, 0.05) is 24.7 Å². The molecule has 1 atom stereocenters. The topological polar surface area (TPSA) is 53.3 Å². The third-order valence-electron chi connectivity index (χ3n) is 4.37. The molecule has 1 unspecified atom stereocenters. The molecule has 130 valence electrons. The molecular formula is C21H24N2O2. The van der Waals surface area contributed by atoms with E-state index in [2.05, 4.69) is 0 Å². The number of ether oxygens (including phenoxy) is 1. The number of nitriles is 1. The van der Waals surface area contributed by atoms with Gasteiger partial charge in [0.25, 0.3) is 0 Å². The van der Waals surface area contributed by atoms with Crippen molar-refractivity contribution in [3.8, 4) is 11.8 Å². The van der Waals surface area contributed by atoms with Crippen molar-refractivity contribution >= 4 is 11.6 Å². The number of hydrogen-bond donors (Lipinski definition) is 0. The lowest BCUT2D eigenvalue weighted by atomic mass is 9.77. The summed E-state index contributed by atoms with van der Waals surface area (Å²) in [5.41, 5.74) is 2.42. The third kappa shape index (κ3) is 2.76. The summed E-state index contributed by atoms with van der Waals surface area (Å²) in [5.74, 6) is 0.958. The van der Waals surface area contributed by atoms with Crippen molar-refractivity contribution in [3.63, 3.8) is 0 Å². The van der Waals surface area contributed by atoms with Gasteiger partial charge in [0.15, 0.2) is 0 Å². The van der Waals surface area contributed by atoms with Gasteiger partial charge in [-0.3, -0.25) is 4.79 Å². The Kier molecular flexibility index (Phi) is 5.82. The first-order valence-corrected chi connectivity index (χ1v) is 8.65. The Morgan fingerprint density at radius 3 is 2.32 bits per heavy atom. The highest BCUT2D eigenvalue weighted by molar-refractivity contribution is 6.11. The molecule has 2 aliphatic rings. The summed E-state index contributed by atoms with van der Waals surface area (Å²) in [5, 5.41) is 7.32. The van der Waals surface area contributed by atoms with Gasteiger partial charge in [0.1, 0.15) is 17.8 Å². The molecule has 0 saturated carbocycles. The van der Waals surface area contributed by atoms with E-state index in [4.69, 9.17) is 10.00 Å². The largest absolute Gasteiger partial charge is 0.491 e. The summed E-state index contributed by atoms with van der Waals surface area (Å²) in [7, 11) is 0. The normalized spacial score (nSPS) is 18.8. The molecule has 0 fully saturated rings. The zero-order valence-corrected chi connectivity index (χ0v) is 15.2. The monoisotopic (exact) mass is 336 g/mol. The highest BCUT2D eigenvalue weighted by Gasteiger charge is 2.56. The molecular weight excluding hydrogens is 312 g/mol. The Hall–Kier alpha value is -2.80. The van der Waals surface area contributed by atoms with E-state index in [1.165, 1.54) is 6.92 Å². The van der Waals surface area contributed by atoms with Gasteiger partial charge in [-0.15, -0.1) is 0 Å². The fraction of sp³-hybridized carbons (Fsp3) is 0.333. The molecule has 2 heterocycles. The number of rotatable bonds is 1. The minimum atomic E-state index is -0.650. The Balaban J connectivity index is 0.000000410.